The van der Waals surface area contributed by atoms with Crippen LogP contribution >= 0.6 is 0 Å². The molecule has 2 aliphatic heterocycles. The lowest BCUT2D eigenvalue weighted by Gasteiger charge is -2.38. The second kappa shape index (κ2) is 13.1. The number of amides is 2. The number of nitrogens with one attached hydrogen (secondary N) is 1. The summed E-state index contributed by atoms with van der Waals surface area (Å²) in [5.74, 6) is 0.140. The van der Waals surface area contributed by atoms with Crippen LogP contribution in [0.1, 0.15) is 45.5 Å². The van der Waals surface area contributed by atoms with Crippen LogP contribution in [0.2, 0.25) is 0 Å². The van der Waals surface area contributed by atoms with E-state index < -0.39 is 5.60 Å². The van der Waals surface area contributed by atoms with Crippen molar-refractivity contribution in [3.63, 3.8) is 0 Å². The van der Waals surface area contributed by atoms with Gasteiger partial charge < -0.3 is 25.1 Å². The molecule has 2 fully saturated rings. The van der Waals surface area contributed by atoms with Gasteiger partial charge in [-0.05, 0) is 49.6 Å². The van der Waals surface area contributed by atoms with Crippen LogP contribution in [0.25, 0.3) is 10.9 Å². The lowest BCUT2D eigenvalue weighted by molar-refractivity contribution is -0.136. The zero-order chi connectivity index (χ0) is 29.7. The molecule has 2 N–H and O–H groups in total. The predicted molar refractivity (Wildman–Crippen MR) is 166 cm³/mol. The van der Waals surface area contributed by atoms with E-state index in [-0.39, 0.29) is 31.3 Å². The van der Waals surface area contributed by atoms with Gasteiger partial charge in [-0.1, -0.05) is 37.3 Å². The molecular formula is C32H44N6O4. The number of fused-ring (bicyclic) bond motifs is 1. The van der Waals surface area contributed by atoms with Gasteiger partial charge in [-0.2, -0.15) is 0 Å². The Morgan fingerprint density at radius 1 is 1.05 bits per heavy atom. The van der Waals surface area contributed by atoms with E-state index in [9.17, 15) is 19.5 Å². The topological polar surface area (TPSA) is 111 Å². The summed E-state index contributed by atoms with van der Waals surface area (Å²) in [6.45, 7) is 7.75. The van der Waals surface area contributed by atoms with Crippen LogP contribution in [0.5, 0.6) is 0 Å². The molecule has 0 radical (unpaired) electrons. The van der Waals surface area contributed by atoms with Gasteiger partial charge in [-0.3, -0.25) is 19.0 Å². The van der Waals surface area contributed by atoms with Crippen molar-refractivity contribution in [3.05, 3.63) is 70.8 Å². The molecule has 10 nitrogen and oxygen atoms in total. The molecular weight excluding hydrogens is 532 g/mol. The summed E-state index contributed by atoms with van der Waals surface area (Å²) in [7, 11) is 2.11. The van der Waals surface area contributed by atoms with Gasteiger partial charge in [-0.25, -0.2) is 4.98 Å². The van der Waals surface area contributed by atoms with E-state index in [0.717, 1.165) is 38.3 Å². The Morgan fingerprint density at radius 3 is 2.48 bits per heavy atom. The summed E-state index contributed by atoms with van der Waals surface area (Å²) in [6, 6.07) is 15.1. The average Bonchev–Trinajstić information content (AvgIpc) is 2.99. The van der Waals surface area contributed by atoms with Crippen molar-refractivity contribution in [2.24, 2.45) is 0 Å². The molecule has 0 saturated carbocycles. The SMILES string of the molecule is CC(CC(=O)N1CCC(O)(Cn2cnc3cc(NC(=O)CCN4CCN(C)CC4)ccc3c2=O)CC1)c1ccccc1.[HH]. The average molecular weight is 577 g/mol. The molecule has 3 heterocycles. The minimum atomic E-state index is -1.10. The zero-order valence-corrected chi connectivity index (χ0v) is 24.7. The number of anilines is 1. The van der Waals surface area contributed by atoms with E-state index >= 15 is 0 Å². The summed E-state index contributed by atoms with van der Waals surface area (Å²) in [5, 5.41) is 14.7. The number of piperidine rings is 1. The maximum Gasteiger partial charge on any atom is 0.261 e. The summed E-state index contributed by atoms with van der Waals surface area (Å²) < 4.78 is 1.45. The number of piperazine rings is 1. The molecule has 1 atom stereocenters. The molecule has 0 spiro atoms. The number of carbonyl (C=O) groups is 2. The Hall–Kier alpha value is -3.60. The van der Waals surface area contributed by atoms with Gasteiger partial charge in [-0.15, -0.1) is 0 Å². The fraction of sp³-hybridized carbons (Fsp3) is 0.500. The maximum atomic E-state index is 13.3. The van der Waals surface area contributed by atoms with Crippen molar-refractivity contribution >= 4 is 28.4 Å². The van der Waals surface area contributed by atoms with Gasteiger partial charge in [0.1, 0.15) is 0 Å². The van der Waals surface area contributed by atoms with Gasteiger partial charge in [0.05, 0.1) is 29.4 Å². The molecule has 1 unspecified atom stereocenters. The van der Waals surface area contributed by atoms with E-state index in [4.69, 9.17) is 0 Å². The fourth-order valence-electron chi connectivity index (χ4n) is 5.84. The molecule has 10 heteroatoms. The molecule has 0 aliphatic carbocycles. The van der Waals surface area contributed by atoms with E-state index in [1.54, 1.807) is 18.2 Å². The van der Waals surface area contributed by atoms with Crippen molar-refractivity contribution in [2.45, 2.75) is 50.7 Å². The first-order valence-electron chi connectivity index (χ1n) is 14.9. The number of likely N-dealkylation sites (tertiary alicyclic amines) is 1. The van der Waals surface area contributed by atoms with Crippen LogP contribution in [0.3, 0.4) is 0 Å². The van der Waals surface area contributed by atoms with Gasteiger partial charge in [0, 0.05) is 65.8 Å². The molecule has 2 aromatic carbocycles. The van der Waals surface area contributed by atoms with E-state index in [1.807, 2.05) is 35.2 Å². The summed E-state index contributed by atoms with van der Waals surface area (Å²) in [4.78, 5) is 49.6. The first-order chi connectivity index (χ1) is 20.2. The lowest BCUT2D eigenvalue weighted by Crippen LogP contribution is -2.49. The third-order valence-corrected chi connectivity index (χ3v) is 8.72. The van der Waals surface area contributed by atoms with Crippen LogP contribution in [0.15, 0.2) is 59.7 Å². The summed E-state index contributed by atoms with van der Waals surface area (Å²) in [5.41, 5.74) is 0.897. The minimum Gasteiger partial charge on any atom is -0.388 e. The third kappa shape index (κ3) is 7.42. The predicted octanol–water partition coefficient (Wildman–Crippen LogP) is 2.77. The highest BCUT2D eigenvalue weighted by Crippen LogP contribution is 2.27. The molecule has 3 aromatic rings. The first kappa shape index (κ1) is 29.9. The fourth-order valence-corrected chi connectivity index (χ4v) is 5.84. The highest BCUT2D eigenvalue weighted by atomic mass is 16.3. The monoisotopic (exact) mass is 576 g/mol. The van der Waals surface area contributed by atoms with Gasteiger partial charge >= 0.3 is 0 Å². The number of hydrogen-bond acceptors (Lipinski definition) is 7. The molecule has 2 aliphatic rings. The molecule has 0 bridgehead atoms. The number of hydrogen-bond donors (Lipinski definition) is 2. The summed E-state index contributed by atoms with van der Waals surface area (Å²) >= 11 is 0. The second-order valence-corrected chi connectivity index (χ2v) is 12.0. The largest absolute Gasteiger partial charge is 0.388 e. The standard InChI is InChI=1S/C32H42N6O4.H2/c1-24(25-6-4-3-5-7-25)20-30(40)37-14-11-32(42,12-15-37)22-38-23-33-28-21-26(8-9-27(28)31(38)41)34-29(39)10-13-36-18-16-35(2)17-19-36;/h3-9,21,23-24,42H,10-20,22H2,1-2H3,(H,34,39);1H. The first-order valence-corrected chi connectivity index (χ1v) is 14.9. The van der Waals surface area contributed by atoms with Crippen LogP contribution in [0.4, 0.5) is 5.69 Å². The Bertz CT molecular complexity index is 1450. The normalized spacial score (nSPS) is 18.6. The van der Waals surface area contributed by atoms with Crippen LogP contribution < -0.4 is 10.9 Å². The van der Waals surface area contributed by atoms with Crippen molar-refractivity contribution in [1.82, 2.24) is 24.3 Å². The van der Waals surface area contributed by atoms with Gasteiger partial charge in [0.25, 0.3) is 5.56 Å². The molecule has 5 rings (SSSR count). The number of carbonyl (C=O) groups excluding carboxylic acids is 2. The highest BCUT2D eigenvalue weighted by Gasteiger charge is 2.35. The third-order valence-electron chi connectivity index (χ3n) is 8.72. The molecule has 226 valence electrons. The van der Waals surface area contributed by atoms with Crippen molar-refractivity contribution in [3.8, 4) is 0 Å². The van der Waals surface area contributed by atoms with E-state index in [0.29, 0.717) is 55.4 Å². The van der Waals surface area contributed by atoms with Crippen LogP contribution in [0, 0.1) is 0 Å². The minimum absolute atomic E-state index is 0. The second-order valence-electron chi connectivity index (χ2n) is 12.0. The molecule has 1 aromatic heterocycles. The van der Waals surface area contributed by atoms with E-state index in [1.165, 1.54) is 10.9 Å². The number of likely N-dealkylation sites (N-methyl/N-ethyl adjacent to an activating group) is 1. The Morgan fingerprint density at radius 2 is 1.76 bits per heavy atom. The number of nitrogens with zero attached hydrogens (tertiary/aromatic N) is 5. The number of rotatable bonds is 9. The van der Waals surface area contributed by atoms with Crippen LogP contribution in [-0.4, -0.2) is 99.6 Å². The van der Waals surface area contributed by atoms with Gasteiger partial charge in [0.15, 0.2) is 0 Å². The number of aliphatic hydroxyl groups is 1. The quantitative estimate of drug-likeness (QED) is 0.403. The molecule has 42 heavy (non-hydrogen) atoms. The zero-order valence-electron chi connectivity index (χ0n) is 24.7. The smallest absolute Gasteiger partial charge is 0.261 e. The maximum absolute atomic E-state index is 13.3. The molecule has 2 saturated heterocycles. The van der Waals surface area contributed by atoms with Crippen LogP contribution in [-0.2, 0) is 16.1 Å². The van der Waals surface area contributed by atoms with E-state index in [2.05, 4.69) is 34.1 Å². The molecule has 2 amide bonds. The Balaban J connectivity index is 0.00000423. The number of benzene rings is 2. The Labute approximate surface area is 248 Å². The Kier molecular flexibility index (Phi) is 9.35. The van der Waals surface area contributed by atoms with Gasteiger partial charge in [0.2, 0.25) is 11.8 Å². The van der Waals surface area contributed by atoms with Crippen molar-refractivity contribution in [1.29, 1.82) is 0 Å². The highest BCUT2D eigenvalue weighted by molar-refractivity contribution is 5.93. The number of aromatic nitrogens is 2. The summed E-state index contributed by atoms with van der Waals surface area (Å²) in [6.07, 6.45) is 3.07. The lowest BCUT2D eigenvalue weighted by atomic mass is 9.90. The van der Waals surface area contributed by atoms with Crippen molar-refractivity contribution < 1.29 is 16.1 Å². The van der Waals surface area contributed by atoms with Crippen molar-refractivity contribution in [2.75, 3.05) is 58.2 Å².